The molecule has 1 aliphatic rings. The van der Waals surface area contributed by atoms with E-state index in [4.69, 9.17) is 8.92 Å². The van der Waals surface area contributed by atoms with Crippen LogP contribution in [-0.2, 0) is 25.2 Å². The van der Waals surface area contributed by atoms with E-state index in [1.807, 2.05) is 6.92 Å². The molecule has 2 amide bonds. The second-order valence-corrected chi connectivity index (χ2v) is 16.3. The van der Waals surface area contributed by atoms with Crippen LogP contribution in [0.25, 0.3) is 22.2 Å². The fourth-order valence-corrected chi connectivity index (χ4v) is 7.43. The second kappa shape index (κ2) is 16.0. The first-order valence-electron chi connectivity index (χ1n) is 17.0. The second-order valence-electron chi connectivity index (χ2n) is 13.9. The number of carbonyl (C=O) groups excluding carboxylic acids is 2. The topological polar surface area (TPSA) is 147 Å². The fraction of sp³-hybridized carbons (Fsp3) is 0.444. The number of halogens is 4. The van der Waals surface area contributed by atoms with E-state index in [1.54, 1.807) is 50.9 Å². The van der Waals surface area contributed by atoms with Crippen LogP contribution < -0.4 is 5.32 Å². The maximum atomic E-state index is 14.3. The first-order valence-corrected chi connectivity index (χ1v) is 19.2. The molecule has 3 heterocycles. The summed E-state index contributed by atoms with van der Waals surface area (Å²) in [6.45, 7) is 8.18. The van der Waals surface area contributed by atoms with E-state index in [0.717, 1.165) is 11.8 Å². The molecule has 0 aliphatic carbocycles. The zero-order valence-corrected chi connectivity index (χ0v) is 32.4. The van der Waals surface area contributed by atoms with Crippen LogP contribution in [0, 0.1) is 6.92 Å². The van der Waals surface area contributed by atoms with Gasteiger partial charge in [-0.15, -0.1) is 0 Å². The lowest BCUT2D eigenvalue weighted by atomic mass is 10.0. The van der Waals surface area contributed by atoms with E-state index in [0.29, 0.717) is 54.1 Å². The number of rotatable bonds is 11. The smallest absolute Gasteiger partial charge is 0.419 e. The van der Waals surface area contributed by atoms with Gasteiger partial charge in [0.25, 0.3) is 16.0 Å². The number of benzene rings is 2. The Labute approximate surface area is 314 Å². The molecule has 17 heteroatoms. The Balaban J connectivity index is 1.28. The number of piperidine rings is 1. The SMILES string of the molecule is Cc1ccc(S(=O)(=O)OCCCCN(C)C(=O)c2ccc3c(-c4nc(N[C@H]5CCCN(C(=O)OC(C)(C)C)C5)ncc4C(F)(F)F)c[nH]c3c2Br)cc1. The van der Waals surface area contributed by atoms with Gasteiger partial charge in [0.2, 0.25) is 5.95 Å². The molecule has 4 aromatic rings. The van der Waals surface area contributed by atoms with E-state index in [1.165, 1.54) is 29.3 Å². The number of alkyl halides is 3. The van der Waals surface area contributed by atoms with Gasteiger partial charge in [-0.25, -0.2) is 14.8 Å². The molecule has 12 nitrogen and oxygen atoms in total. The monoisotopic (exact) mass is 822 g/mol. The molecule has 53 heavy (non-hydrogen) atoms. The minimum atomic E-state index is -4.76. The van der Waals surface area contributed by atoms with Gasteiger partial charge in [0.15, 0.2) is 0 Å². The quantitative estimate of drug-likeness (QED) is 0.114. The number of nitrogens with zero attached hydrogens (tertiary/aromatic N) is 4. The highest BCUT2D eigenvalue weighted by molar-refractivity contribution is 9.10. The normalized spacial score (nSPS) is 15.4. The van der Waals surface area contributed by atoms with Crippen LogP contribution in [0.5, 0.6) is 0 Å². The largest absolute Gasteiger partial charge is 0.444 e. The van der Waals surface area contributed by atoms with Crippen molar-refractivity contribution in [1.82, 2.24) is 24.8 Å². The number of aromatic nitrogens is 3. The lowest BCUT2D eigenvalue weighted by Gasteiger charge is -2.34. The number of ether oxygens (including phenoxy) is 1. The van der Waals surface area contributed by atoms with Gasteiger partial charge < -0.3 is 24.8 Å². The van der Waals surface area contributed by atoms with Crippen LogP contribution in [-0.4, -0.2) is 90.1 Å². The van der Waals surface area contributed by atoms with Gasteiger partial charge in [0.1, 0.15) is 11.2 Å². The molecule has 2 aromatic carbocycles. The van der Waals surface area contributed by atoms with E-state index in [9.17, 15) is 31.2 Å². The van der Waals surface area contributed by atoms with Crippen LogP contribution in [0.4, 0.5) is 23.9 Å². The molecule has 1 saturated heterocycles. The summed E-state index contributed by atoms with van der Waals surface area (Å²) in [4.78, 5) is 40.5. The van der Waals surface area contributed by atoms with E-state index >= 15 is 0 Å². The minimum absolute atomic E-state index is 0.0241. The first kappa shape index (κ1) is 40.0. The molecule has 0 saturated carbocycles. The summed E-state index contributed by atoms with van der Waals surface area (Å²) >= 11 is 3.48. The molecule has 2 aromatic heterocycles. The Morgan fingerprint density at radius 3 is 2.51 bits per heavy atom. The molecule has 5 rings (SSSR count). The molecular weight excluding hydrogens is 781 g/mol. The molecule has 1 fully saturated rings. The molecule has 2 N–H and O–H groups in total. The van der Waals surface area contributed by atoms with Gasteiger partial charge in [-0.05, 0) is 87.5 Å². The van der Waals surface area contributed by atoms with Crippen molar-refractivity contribution >= 4 is 54.9 Å². The Kier molecular flexibility index (Phi) is 12.1. The number of hydrogen-bond acceptors (Lipinski definition) is 9. The predicted octanol–water partition coefficient (Wildman–Crippen LogP) is 7.78. The third-order valence-corrected chi connectivity index (χ3v) is 10.7. The number of fused-ring (bicyclic) bond motifs is 1. The van der Waals surface area contributed by atoms with Gasteiger partial charge in [-0.2, -0.15) is 21.6 Å². The number of aromatic amines is 1. The molecule has 0 unspecified atom stereocenters. The highest BCUT2D eigenvalue weighted by atomic mass is 79.9. The molecular formula is C36H42BrF3N6O6S. The van der Waals surface area contributed by atoms with Crippen molar-refractivity contribution < 1.29 is 40.1 Å². The average molecular weight is 824 g/mol. The van der Waals surface area contributed by atoms with Crippen LogP contribution in [0.3, 0.4) is 0 Å². The zero-order valence-electron chi connectivity index (χ0n) is 30.0. The number of H-pyrrole nitrogens is 1. The maximum absolute atomic E-state index is 14.3. The Bertz CT molecular complexity index is 2070. The van der Waals surface area contributed by atoms with Crippen molar-refractivity contribution in [3.63, 3.8) is 0 Å². The predicted molar refractivity (Wildman–Crippen MR) is 197 cm³/mol. The minimum Gasteiger partial charge on any atom is -0.444 e. The van der Waals surface area contributed by atoms with Gasteiger partial charge in [0, 0.05) is 56.1 Å². The van der Waals surface area contributed by atoms with Crippen molar-refractivity contribution in [3.8, 4) is 11.3 Å². The molecule has 0 radical (unpaired) electrons. The summed E-state index contributed by atoms with van der Waals surface area (Å²) in [6, 6.07) is 9.11. The highest BCUT2D eigenvalue weighted by Crippen LogP contribution is 2.40. The van der Waals surface area contributed by atoms with Crippen LogP contribution in [0.2, 0.25) is 0 Å². The molecule has 1 aliphatic heterocycles. The standard InChI is InChI=1S/C36H42BrF3N6O6S/c1-22-10-12-24(13-11-22)53(49,50)51-18-7-6-16-45(5)32(47)26-15-14-25-27(19-41-31(25)29(26)37)30-28(36(38,39)40)20-42-33(44-30)43-23-9-8-17-46(21-23)34(48)52-35(2,3)4/h10-15,19-20,23,41H,6-9,16-18,21H2,1-5H3,(H,42,43,44)/t23-/m0/s1. The number of nitrogens with one attached hydrogen (secondary N) is 2. The zero-order chi connectivity index (χ0) is 38.7. The third-order valence-electron chi connectivity index (χ3n) is 8.56. The summed E-state index contributed by atoms with van der Waals surface area (Å²) in [5.41, 5.74) is -0.298. The Morgan fingerprint density at radius 1 is 1.11 bits per heavy atom. The summed E-state index contributed by atoms with van der Waals surface area (Å²) in [6.07, 6.45) is -0.943. The van der Waals surface area contributed by atoms with Gasteiger partial charge in [-0.3, -0.25) is 8.98 Å². The van der Waals surface area contributed by atoms with Crippen LogP contribution in [0.1, 0.15) is 67.9 Å². The number of aryl methyl sites for hydroxylation is 1. The maximum Gasteiger partial charge on any atom is 0.419 e. The van der Waals surface area contributed by atoms with Crippen molar-refractivity contribution in [1.29, 1.82) is 0 Å². The summed E-state index contributed by atoms with van der Waals surface area (Å²) < 4.78 is 78.7. The number of hydrogen-bond donors (Lipinski definition) is 2. The van der Waals surface area contributed by atoms with E-state index in [2.05, 4.69) is 36.2 Å². The fourth-order valence-electron chi connectivity index (χ4n) is 5.86. The highest BCUT2D eigenvalue weighted by Gasteiger charge is 2.37. The first-order chi connectivity index (χ1) is 24.8. The number of anilines is 1. The van der Waals surface area contributed by atoms with E-state index < -0.39 is 33.6 Å². The number of carbonyl (C=O) groups is 2. The van der Waals surface area contributed by atoms with E-state index in [-0.39, 0.29) is 52.8 Å². The summed E-state index contributed by atoms with van der Waals surface area (Å²) in [5, 5.41) is 3.50. The van der Waals surface area contributed by atoms with Crippen molar-refractivity contribution in [2.24, 2.45) is 0 Å². The lowest BCUT2D eigenvalue weighted by molar-refractivity contribution is -0.137. The Hall–Kier alpha value is -4.22. The van der Waals surface area contributed by atoms with Crippen LogP contribution >= 0.6 is 15.9 Å². The van der Waals surface area contributed by atoms with Gasteiger partial charge in [0.05, 0.1) is 32.7 Å². The molecule has 1 atom stereocenters. The molecule has 286 valence electrons. The summed E-state index contributed by atoms with van der Waals surface area (Å²) in [7, 11) is -2.29. The van der Waals surface area contributed by atoms with Gasteiger partial charge in [-0.1, -0.05) is 23.8 Å². The number of unbranched alkanes of at least 4 members (excludes halogenated alkanes) is 1. The third kappa shape index (κ3) is 9.86. The molecule has 0 bridgehead atoms. The van der Waals surface area contributed by atoms with Crippen LogP contribution in [0.15, 0.2) is 58.2 Å². The Morgan fingerprint density at radius 2 is 1.83 bits per heavy atom. The summed E-state index contributed by atoms with van der Waals surface area (Å²) in [5.74, 6) is -0.371. The molecule has 0 spiro atoms. The number of likely N-dealkylation sites (tertiary alicyclic amines) is 1. The van der Waals surface area contributed by atoms with Crippen molar-refractivity contribution in [3.05, 3.63) is 70.0 Å². The van der Waals surface area contributed by atoms with Gasteiger partial charge >= 0.3 is 12.3 Å². The average Bonchev–Trinajstić information content (AvgIpc) is 3.52. The van der Waals surface area contributed by atoms with Crippen molar-refractivity contribution in [2.75, 3.05) is 38.6 Å². The lowest BCUT2D eigenvalue weighted by Crippen LogP contribution is -2.47. The number of amides is 2. The van der Waals surface area contributed by atoms with Crippen molar-refractivity contribution in [2.45, 2.75) is 76.1 Å².